The Morgan fingerprint density at radius 3 is 1.27 bits per heavy atom. The van der Waals surface area contributed by atoms with Gasteiger partial charge in [-0.3, -0.25) is 9.59 Å². The zero-order valence-electron chi connectivity index (χ0n) is 40.7. The van der Waals surface area contributed by atoms with Crippen LogP contribution in [0.1, 0.15) is 181 Å². The lowest BCUT2D eigenvalue weighted by Crippen LogP contribution is -2.44. The van der Waals surface area contributed by atoms with E-state index in [0.29, 0.717) is 23.9 Å². The third-order valence-corrected chi connectivity index (χ3v) is 10.1. The fourth-order valence-corrected chi connectivity index (χ4v) is 6.36. The van der Waals surface area contributed by atoms with E-state index in [1.807, 2.05) is 21.1 Å². The Hall–Kier alpha value is -3.53. The Labute approximate surface area is 385 Å². The second kappa shape index (κ2) is 45.1. The molecule has 0 bridgehead atoms. The van der Waals surface area contributed by atoms with Crippen molar-refractivity contribution in [1.29, 1.82) is 0 Å². The number of carboxylic acids is 1. The number of quaternary nitrogens is 1. The van der Waals surface area contributed by atoms with Gasteiger partial charge < -0.3 is 33.3 Å². The van der Waals surface area contributed by atoms with Gasteiger partial charge in [-0.1, -0.05) is 170 Å². The van der Waals surface area contributed by atoms with Crippen LogP contribution >= 0.6 is 0 Å². The van der Waals surface area contributed by atoms with E-state index in [-0.39, 0.29) is 38.6 Å². The van der Waals surface area contributed by atoms with Gasteiger partial charge in [-0.25, -0.2) is 0 Å². The monoisotopic (exact) mass is 882 g/mol. The van der Waals surface area contributed by atoms with Crippen LogP contribution in [0.2, 0.25) is 0 Å². The number of carboxylic acid groups (broad SMARTS) is 1. The first-order valence-electron chi connectivity index (χ1n) is 24.7. The quantitative estimate of drug-likeness (QED) is 0.0196. The molecule has 0 aromatic carbocycles. The van der Waals surface area contributed by atoms with Crippen molar-refractivity contribution in [2.75, 3.05) is 47.5 Å². The maximum atomic E-state index is 12.8. The lowest BCUT2D eigenvalue weighted by Gasteiger charge is -2.26. The van der Waals surface area contributed by atoms with Crippen LogP contribution in [0.4, 0.5) is 0 Å². The maximum Gasteiger partial charge on any atom is 0.306 e. The summed E-state index contributed by atoms with van der Waals surface area (Å²) in [5.74, 6) is -2.32. The highest BCUT2D eigenvalue weighted by atomic mass is 16.7. The van der Waals surface area contributed by atoms with Crippen molar-refractivity contribution in [3.8, 4) is 0 Å². The summed E-state index contributed by atoms with van der Waals surface area (Å²) in [6.45, 7) is 4.48. The van der Waals surface area contributed by atoms with Gasteiger partial charge in [0.1, 0.15) is 13.2 Å². The minimum atomic E-state index is -1.63. The molecule has 0 aromatic rings. The van der Waals surface area contributed by atoms with E-state index in [1.165, 1.54) is 38.5 Å². The summed E-state index contributed by atoms with van der Waals surface area (Å²) in [5.41, 5.74) is 0. The molecule has 360 valence electrons. The molecule has 2 unspecified atom stereocenters. The van der Waals surface area contributed by atoms with Crippen LogP contribution in [-0.2, 0) is 33.3 Å². The van der Waals surface area contributed by atoms with Crippen molar-refractivity contribution in [2.45, 2.75) is 193 Å². The third kappa shape index (κ3) is 46.3. The van der Waals surface area contributed by atoms with Crippen molar-refractivity contribution in [2.24, 2.45) is 0 Å². The summed E-state index contributed by atoms with van der Waals surface area (Å²) in [7, 11) is 5.90. The summed E-state index contributed by atoms with van der Waals surface area (Å²) < 4.78 is 22.6. The topological polar surface area (TPSA) is 111 Å². The molecule has 0 spiro atoms. The van der Waals surface area contributed by atoms with E-state index in [1.54, 1.807) is 0 Å². The molecule has 0 aliphatic heterocycles. The van der Waals surface area contributed by atoms with Crippen molar-refractivity contribution >= 4 is 17.9 Å². The number of nitrogens with zero attached hydrogens (tertiary/aromatic N) is 1. The van der Waals surface area contributed by atoms with E-state index in [9.17, 15) is 19.5 Å². The summed E-state index contributed by atoms with van der Waals surface area (Å²) in [6, 6.07) is 0. The van der Waals surface area contributed by atoms with Crippen LogP contribution in [0.15, 0.2) is 85.1 Å². The van der Waals surface area contributed by atoms with Gasteiger partial charge >= 0.3 is 11.9 Å². The zero-order valence-corrected chi connectivity index (χ0v) is 40.7. The zero-order chi connectivity index (χ0) is 46.3. The highest BCUT2D eigenvalue weighted by Gasteiger charge is 2.21. The SMILES string of the molecule is CC/C=C\C/C=C\C/C=C\C/C=C\CCCCCCCCCCCCC(=O)OC(COC(=O)CCCCCCC/C=C\C/C=C\C/C=C\CC)COC(OCC[N+](C)(C)C)C(=O)[O-]. The Bertz CT molecular complexity index is 1300. The molecule has 0 rings (SSSR count). The van der Waals surface area contributed by atoms with Crippen molar-refractivity contribution in [3.05, 3.63) is 85.1 Å². The van der Waals surface area contributed by atoms with Crippen LogP contribution in [0.3, 0.4) is 0 Å². The Morgan fingerprint density at radius 2 is 0.857 bits per heavy atom. The molecule has 0 aliphatic carbocycles. The largest absolute Gasteiger partial charge is 0.545 e. The number of hydrogen-bond donors (Lipinski definition) is 0. The smallest absolute Gasteiger partial charge is 0.306 e. The molecule has 0 fully saturated rings. The van der Waals surface area contributed by atoms with Crippen LogP contribution in [0.5, 0.6) is 0 Å². The van der Waals surface area contributed by atoms with E-state index < -0.39 is 24.3 Å². The minimum absolute atomic E-state index is 0.139. The lowest BCUT2D eigenvalue weighted by molar-refractivity contribution is -0.870. The number of allylic oxidation sites excluding steroid dienone is 14. The minimum Gasteiger partial charge on any atom is -0.545 e. The first-order chi connectivity index (χ1) is 30.6. The number of esters is 2. The number of rotatable bonds is 44. The number of hydrogen-bond acceptors (Lipinski definition) is 8. The predicted octanol–water partition coefficient (Wildman–Crippen LogP) is 12.3. The van der Waals surface area contributed by atoms with Crippen molar-refractivity contribution in [3.63, 3.8) is 0 Å². The second-order valence-corrected chi connectivity index (χ2v) is 17.3. The number of carbonyl (C=O) groups is 3. The van der Waals surface area contributed by atoms with Crippen LogP contribution < -0.4 is 5.11 Å². The molecule has 0 N–H and O–H groups in total. The number of aliphatic carboxylic acids is 1. The van der Waals surface area contributed by atoms with Crippen LogP contribution in [0, 0.1) is 0 Å². The van der Waals surface area contributed by atoms with Crippen molar-refractivity contribution < 1.29 is 42.9 Å². The number of ether oxygens (including phenoxy) is 4. The van der Waals surface area contributed by atoms with Crippen molar-refractivity contribution in [1.82, 2.24) is 0 Å². The number of likely N-dealkylation sites (N-methyl/N-ethyl adjacent to an activating group) is 1. The Morgan fingerprint density at radius 1 is 0.476 bits per heavy atom. The van der Waals surface area contributed by atoms with Gasteiger partial charge in [-0.2, -0.15) is 0 Å². The highest BCUT2D eigenvalue weighted by Crippen LogP contribution is 2.14. The Kier molecular flexibility index (Phi) is 42.5. The fraction of sp³-hybridized carbons (Fsp3) is 0.685. The average Bonchev–Trinajstić information content (AvgIpc) is 3.24. The standard InChI is InChI=1S/C54H91NO8/c1-6-8-10-12-14-16-18-20-22-23-24-25-26-27-28-29-31-33-35-37-39-41-43-45-52(57)63-50(49-62-54(53(58)59)60-47-46-55(3,4)5)48-61-51(56)44-42-40-38-36-34-32-30-21-19-17-15-13-11-9-7-2/h8-11,14-17,20-22,24-25,30,50,54H,6-7,12-13,18-19,23,26-29,31-49H2,1-5H3/b10-8-,11-9-,16-14-,17-15-,22-20-,25-24-,30-21-. The van der Waals surface area contributed by atoms with E-state index in [4.69, 9.17) is 18.9 Å². The summed E-state index contributed by atoms with van der Waals surface area (Å²) in [6.07, 6.45) is 54.7. The van der Waals surface area contributed by atoms with Gasteiger partial charge in [-0.15, -0.1) is 0 Å². The van der Waals surface area contributed by atoms with Crippen LogP contribution in [0.25, 0.3) is 0 Å². The molecule has 0 radical (unpaired) electrons. The van der Waals surface area contributed by atoms with Gasteiger partial charge in [0.25, 0.3) is 0 Å². The Balaban J connectivity index is 4.38. The highest BCUT2D eigenvalue weighted by molar-refractivity contribution is 5.70. The van der Waals surface area contributed by atoms with Crippen LogP contribution in [-0.4, -0.2) is 82.3 Å². The normalized spacial score (nSPS) is 13.6. The number of carbonyl (C=O) groups excluding carboxylic acids is 3. The van der Waals surface area contributed by atoms with E-state index >= 15 is 0 Å². The molecule has 0 aliphatic rings. The summed E-state index contributed by atoms with van der Waals surface area (Å²) >= 11 is 0. The molecule has 0 saturated heterocycles. The lowest BCUT2D eigenvalue weighted by atomic mass is 10.0. The molecule has 63 heavy (non-hydrogen) atoms. The molecule has 0 aromatic heterocycles. The molecule has 0 amide bonds. The van der Waals surface area contributed by atoms with Gasteiger partial charge in [0.05, 0.1) is 40.3 Å². The molecule has 0 saturated carbocycles. The summed E-state index contributed by atoms with van der Waals surface area (Å²) in [4.78, 5) is 37.1. The average molecular weight is 882 g/mol. The molecule has 9 heteroatoms. The molecule has 9 nitrogen and oxygen atoms in total. The molecular formula is C54H91NO8. The van der Waals surface area contributed by atoms with Gasteiger partial charge in [0.15, 0.2) is 12.4 Å². The fourth-order valence-electron chi connectivity index (χ4n) is 6.36. The predicted molar refractivity (Wildman–Crippen MR) is 260 cm³/mol. The first kappa shape index (κ1) is 59.5. The van der Waals surface area contributed by atoms with E-state index in [2.05, 4.69) is 98.9 Å². The summed E-state index contributed by atoms with van der Waals surface area (Å²) in [5, 5.41) is 11.7. The molecule has 0 heterocycles. The number of unbranched alkanes of at least 4 members (excludes halogenated alkanes) is 15. The molecule has 2 atom stereocenters. The van der Waals surface area contributed by atoms with E-state index in [0.717, 1.165) is 103 Å². The molecular weight excluding hydrogens is 791 g/mol. The van der Waals surface area contributed by atoms with Gasteiger partial charge in [-0.05, 0) is 83.5 Å². The second-order valence-electron chi connectivity index (χ2n) is 17.3. The maximum absolute atomic E-state index is 12.8. The van der Waals surface area contributed by atoms with Gasteiger partial charge in [0.2, 0.25) is 0 Å². The first-order valence-corrected chi connectivity index (χ1v) is 24.7. The van der Waals surface area contributed by atoms with Gasteiger partial charge in [0, 0.05) is 12.8 Å². The third-order valence-electron chi connectivity index (χ3n) is 10.1.